The van der Waals surface area contributed by atoms with Crippen molar-refractivity contribution in [3.05, 3.63) is 46.5 Å². The van der Waals surface area contributed by atoms with Gasteiger partial charge in [-0.3, -0.25) is 19.4 Å². The van der Waals surface area contributed by atoms with Gasteiger partial charge in [0.05, 0.1) is 11.6 Å². The zero-order valence-electron chi connectivity index (χ0n) is 13.8. The summed E-state index contributed by atoms with van der Waals surface area (Å²) in [5.41, 5.74) is 2.94. The molecular weight excluding hydrogens is 328 g/mol. The Morgan fingerprint density at radius 1 is 1.46 bits per heavy atom. The van der Waals surface area contributed by atoms with Gasteiger partial charge in [0, 0.05) is 50.6 Å². The number of aromatic nitrogens is 3. The minimum absolute atomic E-state index is 0.0586. The molecule has 24 heavy (non-hydrogen) atoms. The molecule has 0 saturated carbocycles. The Morgan fingerprint density at radius 2 is 2.25 bits per heavy atom. The maximum Gasteiger partial charge on any atom is 0.308 e. The summed E-state index contributed by atoms with van der Waals surface area (Å²) in [5, 5.41) is 14.7. The van der Waals surface area contributed by atoms with E-state index in [9.17, 15) is 9.90 Å². The van der Waals surface area contributed by atoms with E-state index in [1.807, 2.05) is 26.1 Å². The molecule has 2 aromatic rings. The highest BCUT2D eigenvalue weighted by Crippen LogP contribution is 2.34. The maximum absolute atomic E-state index is 11.7. The molecule has 0 amide bonds. The van der Waals surface area contributed by atoms with Gasteiger partial charge in [0.1, 0.15) is 5.15 Å². The number of halogens is 1. The van der Waals surface area contributed by atoms with E-state index in [0.717, 1.165) is 23.2 Å². The zero-order chi connectivity index (χ0) is 17.3. The molecule has 3 heterocycles. The van der Waals surface area contributed by atoms with Crippen molar-refractivity contribution >= 4 is 17.6 Å². The molecule has 2 aromatic heterocycles. The maximum atomic E-state index is 11.7. The van der Waals surface area contributed by atoms with E-state index in [1.165, 1.54) is 0 Å². The highest BCUT2D eigenvalue weighted by atomic mass is 35.5. The number of hydrogen-bond donors (Lipinski definition) is 1. The van der Waals surface area contributed by atoms with Gasteiger partial charge >= 0.3 is 5.97 Å². The van der Waals surface area contributed by atoms with E-state index in [1.54, 1.807) is 17.1 Å². The minimum Gasteiger partial charge on any atom is -0.481 e. The van der Waals surface area contributed by atoms with Gasteiger partial charge in [0.15, 0.2) is 0 Å². The molecule has 7 heteroatoms. The Kier molecular flexibility index (Phi) is 4.87. The lowest BCUT2D eigenvalue weighted by Gasteiger charge is -2.16. The molecule has 1 aliphatic heterocycles. The standard InChI is InChI=1S/C17H21ClN4O2/c1-3-15-14(16(18)21(2)20-15)10-22-8-12(13(9-22)17(23)24)11-5-4-6-19-7-11/h4-7,12-13H,3,8-10H2,1-2H3,(H,23,24)/t12-,13+/m1/s1. The molecule has 1 N–H and O–H groups in total. The number of aliphatic carboxylic acids is 1. The van der Waals surface area contributed by atoms with Crippen LogP contribution in [0.1, 0.15) is 29.7 Å². The predicted octanol–water partition coefficient (Wildman–Crippen LogP) is 2.33. The normalized spacial score (nSPS) is 21.3. The van der Waals surface area contributed by atoms with Crippen molar-refractivity contribution in [2.45, 2.75) is 25.8 Å². The second-order valence-electron chi connectivity index (χ2n) is 6.22. The Morgan fingerprint density at radius 3 is 2.88 bits per heavy atom. The van der Waals surface area contributed by atoms with Gasteiger partial charge in [-0.25, -0.2) is 0 Å². The summed E-state index contributed by atoms with van der Waals surface area (Å²) >= 11 is 6.37. The molecule has 6 nitrogen and oxygen atoms in total. The highest BCUT2D eigenvalue weighted by Gasteiger charge is 2.39. The summed E-state index contributed by atoms with van der Waals surface area (Å²) in [6.07, 6.45) is 4.27. The first kappa shape index (κ1) is 16.9. The van der Waals surface area contributed by atoms with Crippen LogP contribution in [0.5, 0.6) is 0 Å². The van der Waals surface area contributed by atoms with Gasteiger partial charge in [-0.15, -0.1) is 0 Å². The first-order chi connectivity index (χ1) is 11.5. The summed E-state index contributed by atoms with van der Waals surface area (Å²) < 4.78 is 1.68. The first-order valence-corrected chi connectivity index (χ1v) is 8.44. The molecule has 3 rings (SSSR count). The number of carboxylic acids is 1. The summed E-state index contributed by atoms with van der Waals surface area (Å²) in [6.45, 7) is 3.85. The van der Waals surface area contributed by atoms with Crippen molar-refractivity contribution in [1.82, 2.24) is 19.7 Å². The number of hydrogen-bond acceptors (Lipinski definition) is 4. The molecule has 2 atom stereocenters. The SMILES string of the molecule is CCc1nn(C)c(Cl)c1CN1C[C@H](C(=O)O)[C@@H](c2cccnc2)C1. The number of nitrogens with zero attached hydrogens (tertiary/aromatic N) is 4. The van der Waals surface area contributed by atoms with E-state index in [2.05, 4.69) is 15.0 Å². The van der Waals surface area contributed by atoms with Crippen LogP contribution in [0, 0.1) is 5.92 Å². The van der Waals surface area contributed by atoms with Crippen LogP contribution < -0.4 is 0 Å². The van der Waals surface area contributed by atoms with Gasteiger partial charge in [-0.2, -0.15) is 5.10 Å². The minimum atomic E-state index is -0.764. The molecule has 1 aliphatic rings. The Bertz CT molecular complexity index is 732. The molecule has 0 radical (unpaired) electrons. The summed E-state index contributed by atoms with van der Waals surface area (Å²) in [5.74, 6) is -1.26. The van der Waals surface area contributed by atoms with Gasteiger partial charge in [-0.05, 0) is 18.1 Å². The third-order valence-electron chi connectivity index (χ3n) is 4.69. The average molecular weight is 349 g/mol. The molecule has 128 valence electrons. The number of aryl methyl sites for hydroxylation is 2. The highest BCUT2D eigenvalue weighted by molar-refractivity contribution is 6.30. The lowest BCUT2D eigenvalue weighted by molar-refractivity contribution is -0.141. The smallest absolute Gasteiger partial charge is 0.308 e. The van der Waals surface area contributed by atoms with E-state index < -0.39 is 11.9 Å². The third-order valence-corrected chi connectivity index (χ3v) is 5.17. The fourth-order valence-electron chi connectivity index (χ4n) is 3.46. The lowest BCUT2D eigenvalue weighted by atomic mass is 9.90. The fourth-order valence-corrected chi connectivity index (χ4v) is 3.67. The quantitative estimate of drug-likeness (QED) is 0.898. The van der Waals surface area contributed by atoms with E-state index >= 15 is 0 Å². The second kappa shape index (κ2) is 6.91. The van der Waals surface area contributed by atoms with Crippen LogP contribution in [0.4, 0.5) is 0 Å². The van der Waals surface area contributed by atoms with Crippen LogP contribution in [0.25, 0.3) is 0 Å². The number of pyridine rings is 1. The molecular formula is C17H21ClN4O2. The average Bonchev–Trinajstić information content (AvgIpc) is 3.12. The summed E-state index contributed by atoms with van der Waals surface area (Å²) in [6, 6.07) is 3.80. The number of carboxylic acid groups (broad SMARTS) is 1. The van der Waals surface area contributed by atoms with Gasteiger partial charge in [0.2, 0.25) is 0 Å². The predicted molar refractivity (Wildman–Crippen MR) is 91.0 cm³/mol. The van der Waals surface area contributed by atoms with Crippen molar-refractivity contribution < 1.29 is 9.90 Å². The summed E-state index contributed by atoms with van der Waals surface area (Å²) in [4.78, 5) is 18.0. The fraction of sp³-hybridized carbons (Fsp3) is 0.471. The van der Waals surface area contributed by atoms with Crippen LogP contribution in [0.3, 0.4) is 0 Å². The van der Waals surface area contributed by atoms with E-state index in [4.69, 9.17) is 11.6 Å². The summed E-state index contributed by atoms with van der Waals surface area (Å²) in [7, 11) is 1.83. The van der Waals surface area contributed by atoms with Crippen molar-refractivity contribution in [3.63, 3.8) is 0 Å². The molecule has 1 saturated heterocycles. The number of likely N-dealkylation sites (tertiary alicyclic amines) is 1. The molecule has 0 spiro atoms. The van der Waals surface area contributed by atoms with Gasteiger partial charge in [-0.1, -0.05) is 24.6 Å². The number of rotatable bonds is 5. The van der Waals surface area contributed by atoms with Gasteiger partial charge in [0.25, 0.3) is 0 Å². The third kappa shape index (κ3) is 3.16. The zero-order valence-corrected chi connectivity index (χ0v) is 14.6. The topological polar surface area (TPSA) is 71.2 Å². The second-order valence-corrected chi connectivity index (χ2v) is 6.58. The van der Waals surface area contributed by atoms with Crippen LogP contribution in [-0.4, -0.2) is 43.8 Å². The van der Waals surface area contributed by atoms with Crippen molar-refractivity contribution in [2.75, 3.05) is 13.1 Å². The van der Waals surface area contributed by atoms with Crippen molar-refractivity contribution in [3.8, 4) is 0 Å². The van der Waals surface area contributed by atoms with Gasteiger partial charge < -0.3 is 5.11 Å². The van der Waals surface area contributed by atoms with E-state index in [0.29, 0.717) is 24.8 Å². The molecule has 0 aliphatic carbocycles. The van der Waals surface area contributed by atoms with Crippen LogP contribution in [0.15, 0.2) is 24.5 Å². The van der Waals surface area contributed by atoms with Crippen LogP contribution in [0.2, 0.25) is 5.15 Å². The Labute approximate surface area is 146 Å². The number of carbonyl (C=O) groups is 1. The first-order valence-electron chi connectivity index (χ1n) is 8.06. The molecule has 0 unspecified atom stereocenters. The largest absolute Gasteiger partial charge is 0.481 e. The van der Waals surface area contributed by atoms with Crippen molar-refractivity contribution in [2.24, 2.45) is 13.0 Å². The molecule has 0 aromatic carbocycles. The van der Waals surface area contributed by atoms with Crippen molar-refractivity contribution in [1.29, 1.82) is 0 Å². The Hall–Kier alpha value is -1.92. The monoisotopic (exact) mass is 348 g/mol. The Balaban J connectivity index is 1.83. The molecule has 1 fully saturated rings. The molecule has 0 bridgehead atoms. The van der Waals surface area contributed by atoms with Crippen LogP contribution >= 0.6 is 11.6 Å². The lowest BCUT2D eigenvalue weighted by Crippen LogP contribution is -2.23. The van der Waals surface area contributed by atoms with E-state index in [-0.39, 0.29) is 5.92 Å². The van der Waals surface area contributed by atoms with Crippen LogP contribution in [-0.2, 0) is 24.8 Å².